The summed E-state index contributed by atoms with van der Waals surface area (Å²) in [4.78, 5) is 57.1. The van der Waals surface area contributed by atoms with Gasteiger partial charge in [-0.2, -0.15) is 0 Å². The van der Waals surface area contributed by atoms with E-state index in [1.54, 1.807) is 73.7 Å². The number of hydrogen-bond donors (Lipinski definition) is 3. The maximum absolute atomic E-state index is 14.5. The Hall–Kier alpha value is -6.63. The molecular weight excluding hydrogens is 807 g/mol. The van der Waals surface area contributed by atoms with E-state index in [1.807, 2.05) is 54.6 Å². The molecule has 12 heteroatoms. The fraction of sp³-hybridized carbons (Fsp3) is 0.184. The highest BCUT2D eigenvalue weighted by Crippen LogP contribution is 2.44. The average Bonchev–Trinajstić information content (AvgIpc) is 3.66. The molecule has 0 radical (unpaired) electrons. The molecule has 0 saturated heterocycles. The molecule has 2 unspecified atom stereocenters. The number of amides is 3. The molecule has 1 aromatic heterocycles. The van der Waals surface area contributed by atoms with Crippen molar-refractivity contribution >= 4 is 63.6 Å². The van der Waals surface area contributed by atoms with Crippen molar-refractivity contribution in [3.8, 4) is 11.5 Å². The number of thioether (sulfide) groups is 1. The van der Waals surface area contributed by atoms with Gasteiger partial charge in [0.2, 0.25) is 5.91 Å². The van der Waals surface area contributed by atoms with Crippen molar-refractivity contribution in [1.29, 1.82) is 0 Å². The molecule has 0 aliphatic heterocycles. The van der Waals surface area contributed by atoms with E-state index < -0.39 is 23.0 Å². The van der Waals surface area contributed by atoms with E-state index in [2.05, 4.69) is 28.1 Å². The van der Waals surface area contributed by atoms with Gasteiger partial charge in [-0.05, 0) is 103 Å². The Labute approximate surface area is 363 Å². The number of ether oxygens (including phenoxy) is 3. The highest BCUT2D eigenvalue weighted by molar-refractivity contribution is 8.00. The van der Waals surface area contributed by atoms with E-state index in [9.17, 15) is 19.2 Å². The lowest BCUT2D eigenvalue weighted by molar-refractivity contribution is -0.116. The molecule has 310 valence electrons. The van der Waals surface area contributed by atoms with Gasteiger partial charge in [-0.3, -0.25) is 14.4 Å². The van der Waals surface area contributed by atoms with Crippen molar-refractivity contribution in [2.45, 2.75) is 42.2 Å². The normalized spacial score (nSPS) is 13.9. The number of methoxy groups -OCH3 is 2. The molecule has 0 saturated carbocycles. The van der Waals surface area contributed by atoms with Crippen molar-refractivity contribution in [3.05, 3.63) is 177 Å². The highest BCUT2D eigenvalue weighted by atomic mass is 32.2. The number of benzene rings is 5. The molecule has 10 nitrogen and oxygen atoms in total. The standard InChI is InChI=1S/C49H45N3O7S2/c1-4-59-49(56)43-39-25-23-34(31-15-8-5-9-16-31)29-42(39)61-48(43)52-47(55)44(32-17-10-6-11-18-32)60-38-22-14-21-36(30-38)50-46(54)40(51-45(53)33-19-12-7-13-20-33)28-35-27-37(57-2)24-26-41(35)58-3/h5-22,24,26-28,30,34,44H,4,23,25,29H2,1-3H3,(H,50,54)(H,51,53)(H,52,55)/b40-28+. The Morgan fingerprint density at radius 1 is 0.820 bits per heavy atom. The number of rotatable bonds is 15. The summed E-state index contributed by atoms with van der Waals surface area (Å²) in [7, 11) is 3.05. The van der Waals surface area contributed by atoms with Crippen LogP contribution >= 0.6 is 23.1 Å². The summed E-state index contributed by atoms with van der Waals surface area (Å²) < 4.78 is 16.5. The van der Waals surface area contributed by atoms with Gasteiger partial charge in [0.1, 0.15) is 27.4 Å². The quantitative estimate of drug-likeness (QED) is 0.0529. The van der Waals surface area contributed by atoms with Crippen LogP contribution < -0.4 is 25.4 Å². The van der Waals surface area contributed by atoms with Crippen molar-refractivity contribution in [2.75, 3.05) is 31.5 Å². The summed E-state index contributed by atoms with van der Waals surface area (Å²) >= 11 is 2.75. The number of hydrogen-bond acceptors (Lipinski definition) is 9. The first-order valence-electron chi connectivity index (χ1n) is 19.8. The van der Waals surface area contributed by atoms with Crippen molar-refractivity contribution in [3.63, 3.8) is 0 Å². The lowest BCUT2D eigenvalue weighted by Crippen LogP contribution is -2.30. The van der Waals surface area contributed by atoms with Gasteiger partial charge in [-0.1, -0.05) is 84.9 Å². The van der Waals surface area contributed by atoms with E-state index in [4.69, 9.17) is 14.2 Å². The van der Waals surface area contributed by atoms with Crippen LogP contribution in [-0.2, 0) is 27.2 Å². The first-order chi connectivity index (χ1) is 29.7. The molecular formula is C49H45N3O7S2. The minimum Gasteiger partial charge on any atom is -0.497 e. The Morgan fingerprint density at radius 2 is 1.54 bits per heavy atom. The molecule has 7 rings (SSSR count). The fourth-order valence-electron chi connectivity index (χ4n) is 7.21. The molecule has 6 aromatic rings. The Kier molecular flexibility index (Phi) is 14.0. The maximum atomic E-state index is 14.5. The number of fused-ring (bicyclic) bond motifs is 1. The monoisotopic (exact) mass is 851 g/mol. The second-order valence-electron chi connectivity index (χ2n) is 14.1. The number of thiophene rings is 1. The molecule has 3 N–H and O–H groups in total. The van der Waals surface area contributed by atoms with Crippen LogP contribution in [0.5, 0.6) is 11.5 Å². The Morgan fingerprint density at radius 3 is 2.25 bits per heavy atom. The summed E-state index contributed by atoms with van der Waals surface area (Å²) in [6, 6.07) is 40.7. The SMILES string of the molecule is CCOC(=O)c1c(NC(=O)C(Sc2cccc(NC(=O)/C(=C\c3cc(OC)ccc3OC)NC(=O)c3ccccc3)c2)c2ccccc2)sc2c1CCC(c1ccccc1)C2. The van der Waals surface area contributed by atoms with E-state index in [0.29, 0.717) is 56.1 Å². The third-order valence-corrected chi connectivity index (χ3v) is 12.6. The summed E-state index contributed by atoms with van der Waals surface area (Å²) in [5.74, 6) is -0.500. The number of nitrogens with one attached hydrogen (secondary N) is 3. The first-order valence-corrected chi connectivity index (χ1v) is 21.5. The van der Waals surface area contributed by atoms with Gasteiger partial charge in [0.25, 0.3) is 11.8 Å². The molecule has 1 heterocycles. The Bertz CT molecular complexity index is 2540. The smallest absolute Gasteiger partial charge is 0.341 e. The molecule has 1 aliphatic rings. The fourth-order valence-corrected chi connectivity index (χ4v) is 9.61. The Balaban J connectivity index is 1.15. The van der Waals surface area contributed by atoms with E-state index >= 15 is 0 Å². The van der Waals surface area contributed by atoms with Crippen LogP contribution in [0.1, 0.15) is 72.4 Å². The van der Waals surface area contributed by atoms with Gasteiger partial charge in [0.05, 0.1) is 26.4 Å². The van der Waals surface area contributed by atoms with Gasteiger partial charge < -0.3 is 30.2 Å². The molecule has 3 amide bonds. The van der Waals surface area contributed by atoms with Crippen LogP contribution in [0.4, 0.5) is 10.7 Å². The maximum Gasteiger partial charge on any atom is 0.341 e. The molecule has 1 aliphatic carbocycles. The predicted octanol–water partition coefficient (Wildman–Crippen LogP) is 10.1. The van der Waals surface area contributed by atoms with Crippen LogP contribution in [0.25, 0.3) is 6.08 Å². The number of carbonyl (C=O) groups excluding carboxylic acids is 4. The van der Waals surface area contributed by atoms with Crippen LogP contribution in [-0.4, -0.2) is 44.5 Å². The second kappa shape index (κ2) is 20.1. The topological polar surface area (TPSA) is 132 Å². The minimum absolute atomic E-state index is 0.0360. The largest absolute Gasteiger partial charge is 0.497 e. The first kappa shape index (κ1) is 42.5. The number of esters is 1. The van der Waals surface area contributed by atoms with Gasteiger partial charge in [-0.25, -0.2) is 4.79 Å². The van der Waals surface area contributed by atoms with Gasteiger partial charge in [0.15, 0.2) is 0 Å². The summed E-state index contributed by atoms with van der Waals surface area (Å²) in [6.07, 6.45) is 3.88. The summed E-state index contributed by atoms with van der Waals surface area (Å²) in [6.45, 7) is 1.99. The zero-order valence-electron chi connectivity index (χ0n) is 33.9. The molecule has 2 atom stereocenters. The molecule has 0 fully saturated rings. The average molecular weight is 852 g/mol. The van der Waals surface area contributed by atoms with Gasteiger partial charge in [-0.15, -0.1) is 23.1 Å². The van der Waals surface area contributed by atoms with Crippen LogP contribution in [0.2, 0.25) is 0 Å². The number of anilines is 2. The predicted molar refractivity (Wildman–Crippen MR) is 242 cm³/mol. The molecule has 0 spiro atoms. The third-order valence-electron chi connectivity index (χ3n) is 10.2. The molecule has 5 aromatic carbocycles. The third kappa shape index (κ3) is 10.4. The summed E-state index contributed by atoms with van der Waals surface area (Å²) in [5.41, 5.74) is 4.66. The lowest BCUT2D eigenvalue weighted by Gasteiger charge is -2.23. The van der Waals surface area contributed by atoms with Crippen LogP contribution in [0, 0.1) is 0 Å². The highest BCUT2D eigenvalue weighted by Gasteiger charge is 2.32. The van der Waals surface area contributed by atoms with Crippen molar-refractivity contribution in [2.24, 2.45) is 0 Å². The minimum atomic E-state index is -0.737. The van der Waals surface area contributed by atoms with Crippen LogP contribution in [0.3, 0.4) is 0 Å². The van der Waals surface area contributed by atoms with E-state index in [0.717, 1.165) is 28.8 Å². The van der Waals surface area contributed by atoms with E-state index in [-0.39, 0.29) is 18.2 Å². The molecule has 61 heavy (non-hydrogen) atoms. The van der Waals surface area contributed by atoms with Gasteiger partial charge >= 0.3 is 5.97 Å². The zero-order chi connectivity index (χ0) is 42.7. The number of carbonyl (C=O) groups is 4. The molecule has 0 bridgehead atoms. The van der Waals surface area contributed by atoms with Gasteiger partial charge in [0, 0.05) is 26.6 Å². The van der Waals surface area contributed by atoms with Crippen molar-refractivity contribution < 1.29 is 33.4 Å². The second-order valence-corrected chi connectivity index (χ2v) is 16.4. The zero-order valence-corrected chi connectivity index (χ0v) is 35.6. The van der Waals surface area contributed by atoms with Crippen molar-refractivity contribution in [1.82, 2.24) is 5.32 Å². The van der Waals surface area contributed by atoms with E-state index in [1.165, 1.54) is 49.0 Å². The lowest BCUT2D eigenvalue weighted by atomic mass is 9.83. The summed E-state index contributed by atoms with van der Waals surface area (Å²) in [5, 5.41) is 8.57. The van der Waals surface area contributed by atoms with Crippen LogP contribution in [0.15, 0.2) is 144 Å².